The first-order valence-electron chi connectivity index (χ1n) is 4.65. The third kappa shape index (κ3) is 3.41. The van der Waals surface area contributed by atoms with E-state index < -0.39 is 0 Å². The topological polar surface area (TPSA) is 9.23 Å². The van der Waals surface area contributed by atoms with Gasteiger partial charge in [0.1, 0.15) is 0 Å². The summed E-state index contributed by atoms with van der Waals surface area (Å²) in [7, 11) is 0. The summed E-state index contributed by atoms with van der Waals surface area (Å²) in [5.41, 5.74) is 0. The zero-order valence-corrected chi connectivity index (χ0v) is 9.86. The second-order valence-electron chi connectivity index (χ2n) is 3.52. The first-order chi connectivity index (χ1) is 6.34. The van der Waals surface area contributed by atoms with Crippen molar-refractivity contribution < 1.29 is 4.74 Å². The van der Waals surface area contributed by atoms with E-state index >= 15 is 0 Å². The Balaban J connectivity index is 1.61. The van der Waals surface area contributed by atoms with Crippen LogP contribution in [0, 0.1) is 5.92 Å². The Kier molecular flexibility index (Phi) is 3.41. The van der Waals surface area contributed by atoms with Crippen LogP contribution in [0.1, 0.15) is 24.1 Å². The molecule has 1 aromatic heterocycles. The van der Waals surface area contributed by atoms with Gasteiger partial charge in [0.15, 0.2) is 0 Å². The quantitative estimate of drug-likeness (QED) is 0.732. The average molecular weight is 261 g/mol. The molecule has 1 nitrogen and oxygen atoms in total. The van der Waals surface area contributed by atoms with Crippen molar-refractivity contribution >= 4 is 27.3 Å². The van der Waals surface area contributed by atoms with Gasteiger partial charge in [0, 0.05) is 21.3 Å². The van der Waals surface area contributed by atoms with E-state index in [2.05, 4.69) is 27.4 Å². The van der Waals surface area contributed by atoms with Crippen molar-refractivity contribution in [2.75, 3.05) is 6.61 Å². The second kappa shape index (κ2) is 4.58. The predicted molar refractivity (Wildman–Crippen MR) is 59.0 cm³/mol. The maximum Gasteiger partial charge on any atom is 0.0809 e. The Morgan fingerprint density at radius 3 is 3.00 bits per heavy atom. The minimum absolute atomic E-state index is 0.781. The van der Waals surface area contributed by atoms with Gasteiger partial charge in [-0.2, -0.15) is 0 Å². The van der Waals surface area contributed by atoms with Gasteiger partial charge < -0.3 is 4.74 Å². The molecule has 0 atom stereocenters. The van der Waals surface area contributed by atoms with Crippen molar-refractivity contribution in [1.82, 2.24) is 0 Å². The van der Waals surface area contributed by atoms with Gasteiger partial charge in [-0.1, -0.05) is 12.8 Å². The van der Waals surface area contributed by atoms with Gasteiger partial charge in [-0.3, -0.25) is 0 Å². The molecule has 0 saturated heterocycles. The van der Waals surface area contributed by atoms with E-state index in [0.717, 1.165) is 19.1 Å². The molecule has 0 bridgehead atoms. The largest absolute Gasteiger partial charge is 0.376 e. The summed E-state index contributed by atoms with van der Waals surface area (Å²) >= 11 is 5.18. The summed E-state index contributed by atoms with van der Waals surface area (Å²) in [5, 5.41) is 2.10. The van der Waals surface area contributed by atoms with Gasteiger partial charge >= 0.3 is 0 Å². The minimum Gasteiger partial charge on any atom is -0.376 e. The Morgan fingerprint density at radius 2 is 2.38 bits per heavy atom. The standard InChI is InChI=1S/C10H13BrOS/c11-9-5-10(13-7-9)6-12-4-3-8-1-2-8/h5,7-8H,1-4,6H2. The van der Waals surface area contributed by atoms with Crippen LogP contribution in [-0.2, 0) is 11.3 Å². The summed E-state index contributed by atoms with van der Waals surface area (Å²) in [6.45, 7) is 1.71. The summed E-state index contributed by atoms with van der Waals surface area (Å²) < 4.78 is 6.74. The third-order valence-electron chi connectivity index (χ3n) is 2.23. The fraction of sp³-hybridized carbons (Fsp3) is 0.600. The van der Waals surface area contributed by atoms with Crippen LogP contribution in [0.4, 0.5) is 0 Å². The molecule has 0 spiro atoms. The molecular formula is C10H13BrOS. The van der Waals surface area contributed by atoms with Gasteiger partial charge in [-0.25, -0.2) is 0 Å². The zero-order valence-electron chi connectivity index (χ0n) is 7.46. The monoisotopic (exact) mass is 260 g/mol. The molecule has 1 heterocycles. The molecule has 0 aliphatic heterocycles. The van der Waals surface area contributed by atoms with Crippen molar-refractivity contribution in [2.45, 2.75) is 25.9 Å². The van der Waals surface area contributed by atoms with E-state index in [0.29, 0.717) is 0 Å². The van der Waals surface area contributed by atoms with E-state index in [1.165, 1.54) is 28.6 Å². The van der Waals surface area contributed by atoms with Gasteiger partial charge in [0.25, 0.3) is 0 Å². The number of hydrogen-bond donors (Lipinski definition) is 0. The first kappa shape index (κ1) is 9.69. The summed E-state index contributed by atoms with van der Waals surface area (Å²) in [4.78, 5) is 1.31. The van der Waals surface area contributed by atoms with Gasteiger partial charge in [0.2, 0.25) is 0 Å². The van der Waals surface area contributed by atoms with Gasteiger partial charge in [-0.15, -0.1) is 11.3 Å². The highest BCUT2D eigenvalue weighted by molar-refractivity contribution is 9.10. The highest BCUT2D eigenvalue weighted by atomic mass is 79.9. The molecule has 2 rings (SSSR count). The summed E-state index contributed by atoms with van der Waals surface area (Å²) in [6.07, 6.45) is 4.11. The predicted octanol–water partition coefficient (Wildman–Crippen LogP) is 3.83. The molecule has 1 saturated carbocycles. The van der Waals surface area contributed by atoms with Gasteiger partial charge in [0.05, 0.1) is 6.61 Å². The van der Waals surface area contributed by atoms with Crippen molar-refractivity contribution in [1.29, 1.82) is 0 Å². The van der Waals surface area contributed by atoms with Crippen LogP contribution in [0.5, 0.6) is 0 Å². The summed E-state index contributed by atoms with van der Waals surface area (Å²) in [5.74, 6) is 0.982. The van der Waals surface area contributed by atoms with E-state index in [1.807, 2.05) is 0 Å². The average Bonchev–Trinajstić information content (AvgIpc) is 2.84. The van der Waals surface area contributed by atoms with Crippen molar-refractivity contribution in [2.24, 2.45) is 5.92 Å². The lowest BCUT2D eigenvalue weighted by molar-refractivity contribution is 0.117. The molecule has 72 valence electrons. The second-order valence-corrected chi connectivity index (χ2v) is 5.43. The maximum absolute atomic E-state index is 5.57. The molecule has 1 aliphatic rings. The van der Waals surface area contributed by atoms with E-state index in [9.17, 15) is 0 Å². The number of rotatable bonds is 5. The molecule has 0 aromatic carbocycles. The van der Waals surface area contributed by atoms with E-state index in [-0.39, 0.29) is 0 Å². The van der Waals surface area contributed by atoms with Crippen LogP contribution in [0.2, 0.25) is 0 Å². The molecule has 0 amide bonds. The number of halogens is 1. The molecule has 0 unspecified atom stereocenters. The molecule has 3 heteroatoms. The number of hydrogen-bond acceptors (Lipinski definition) is 2. The van der Waals surface area contributed by atoms with Crippen LogP contribution in [-0.4, -0.2) is 6.61 Å². The van der Waals surface area contributed by atoms with Crippen LogP contribution < -0.4 is 0 Å². The Hall–Kier alpha value is 0.140. The van der Waals surface area contributed by atoms with Crippen LogP contribution in [0.25, 0.3) is 0 Å². The number of thiophene rings is 1. The highest BCUT2D eigenvalue weighted by Crippen LogP contribution is 2.32. The zero-order chi connectivity index (χ0) is 9.10. The normalized spacial score (nSPS) is 16.4. The molecule has 1 fully saturated rings. The van der Waals surface area contributed by atoms with Crippen LogP contribution in [0.3, 0.4) is 0 Å². The molecule has 0 radical (unpaired) electrons. The van der Waals surface area contributed by atoms with Crippen molar-refractivity contribution in [3.05, 3.63) is 20.8 Å². The number of ether oxygens (including phenoxy) is 1. The lowest BCUT2D eigenvalue weighted by atomic mass is 10.3. The van der Waals surface area contributed by atoms with Crippen molar-refractivity contribution in [3.63, 3.8) is 0 Å². The van der Waals surface area contributed by atoms with E-state index in [4.69, 9.17) is 4.74 Å². The fourth-order valence-corrected chi connectivity index (χ4v) is 2.65. The van der Waals surface area contributed by atoms with E-state index in [1.54, 1.807) is 11.3 Å². The fourth-order valence-electron chi connectivity index (χ4n) is 1.26. The minimum atomic E-state index is 0.781. The molecule has 1 aliphatic carbocycles. The SMILES string of the molecule is Brc1csc(COCCC2CC2)c1. The smallest absolute Gasteiger partial charge is 0.0809 e. The first-order valence-corrected chi connectivity index (χ1v) is 6.32. The van der Waals surface area contributed by atoms with Crippen LogP contribution in [0.15, 0.2) is 15.9 Å². The third-order valence-corrected chi connectivity index (χ3v) is 3.90. The van der Waals surface area contributed by atoms with Gasteiger partial charge in [-0.05, 0) is 34.3 Å². The lowest BCUT2D eigenvalue weighted by Gasteiger charge is -2.00. The van der Waals surface area contributed by atoms with Crippen LogP contribution >= 0.6 is 27.3 Å². The Labute approximate surface area is 91.2 Å². The Morgan fingerprint density at radius 1 is 1.54 bits per heavy atom. The summed E-state index contributed by atoms with van der Waals surface area (Å²) in [6, 6.07) is 2.13. The molecular weight excluding hydrogens is 248 g/mol. The Bertz CT molecular complexity index is 268. The molecule has 13 heavy (non-hydrogen) atoms. The highest BCUT2D eigenvalue weighted by Gasteiger charge is 2.20. The molecule has 0 N–H and O–H groups in total. The maximum atomic E-state index is 5.57. The molecule has 1 aromatic rings. The lowest BCUT2D eigenvalue weighted by Crippen LogP contribution is -1.94. The van der Waals surface area contributed by atoms with Crippen molar-refractivity contribution in [3.8, 4) is 0 Å².